The van der Waals surface area contributed by atoms with E-state index in [2.05, 4.69) is 36.4 Å². The molecule has 0 radical (unpaired) electrons. The summed E-state index contributed by atoms with van der Waals surface area (Å²) < 4.78 is 11.2. The fraction of sp³-hybridized carbons (Fsp3) is 0.368. The highest BCUT2D eigenvalue weighted by molar-refractivity contribution is 5.43. The van der Waals surface area contributed by atoms with Gasteiger partial charge in [-0.1, -0.05) is 36.4 Å². The molecule has 0 fully saturated rings. The van der Waals surface area contributed by atoms with E-state index in [0.29, 0.717) is 12.5 Å². The molecule has 3 nitrogen and oxygen atoms in total. The predicted molar refractivity (Wildman–Crippen MR) is 90.7 cm³/mol. The molecule has 1 atom stereocenters. The molecule has 2 aromatic carbocycles. The summed E-state index contributed by atoms with van der Waals surface area (Å²) in [5, 5.41) is 0. The number of ether oxygens (including phenoxy) is 2. The van der Waals surface area contributed by atoms with E-state index in [9.17, 15) is 0 Å². The minimum atomic E-state index is 0.114. The Morgan fingerprint density at radius 3 is 2.32 bits per heavy atom. The Hall–Kier alpha value is -2.00. The summed E-state index contributed by atoms with van der Waals surface area (Å²) in [4.78, 5) is 0. The van der Waals surface area contributed by atoms with Gasteiger partial charge < -0.3 is 15.2 Å². The Balaban J connectivity index is 2.21. The van der Waals surface area contributed by atoms with Gasteiger partial charge in [-0.2, -0.15) is 0 Å². The molecule has 0 amide bonds. The van der Waals surface area contributed by atoms with E-state index in [1.165, 1.54) is 11.1 Å². The molecule has 0 spiro atoms. The van der Waals surface area contributed by atoms with Crippen LogP contribution in [0.15, 0.2) is 48.5 Å². The number of hydrogen-bond donors (Lipinski definition) is 1. The third-order valence-corrected chi connectivity index (χ3v) is 3.63. The molecule has 22 heavy (non-hydrogen) atoms. The molecule has 0 saturated heterocycles. The minimum absolute atomic E-state index is 0.114. The molecule has 2 aromatic rings. The van der Waals surface area contributed by atoms with Crippen molar-refractivity contribution in [1.29, 1.82) is 0 Å². The van der Waals surface area contributed by atoms with Crippen LogP contribution < -0.4 is 15.2 Å². The van der Waals surface area contributed by atoms with E-state index < -0.39 is 0 Å². The molecular weight excluding hydrogens is 274 g/mol. The Labute approximate surface area is 133 Å². The van der Waals surface area contributed by atoms with Crippen molar-refractivity contribution in [2.75, 3.05) is 13.7 Å². The second-order valence-electron chi connectivity index (χ2n) is 5.70. The van der Waals surface area contributed by atoms with Crippen LogP contribution in [0, 0.1) is 0 Å². The van der Waals surface area contributed by atoms with Crippen molar-refractivity contribution >= 4 is 0 Å². The number of rotatable bonds is 7. The van der Waals surface area contributed by atoms with Crippen LogP contribution in [0.4, 0.5) is 0 Å². The van der Waals surface area contributed by atoms with Crippen LogP contribution in [-0.4, -0.2) is 19.8 Å². The van der Waals surface area contributed by atoms with Gasteiger partial charge >= 0.3 is 0 Å². The molecule has 0 bridgehead atoms. The van der Waals surface area contributed by atoms with Crippen LogP contribution in [0.25, 0.3) is 0 Å². The highest BCUT2D eigenvalue weighted by Gasteiger charge is 2.13. The van der Waals surface area contributed by atoms with Crippen LogP contribution in [0.3, 0.4) is 0 Å². The fourth-order valence-corrected chi connectivity index (χ4v) is 2.54. The van der Waals surface area contributed by atoms with Crippen LogP contribution in [-0.2, 0) is 6.42 Å². The summed E-state index contributed by atoms with van der Waals surface area (Å²) in [5.74, 6) is 1.86. The van der Waals surface area contributed by atoms with Gasteiger partial charge in [-0.05, 0) is 50.1 Å². The second kappa shape index (κ2) is 7.85. The van der Waals surface area contributed by atoms with Gasteiger partial charge in [0.05, 0.1) is 13.2 Å². The lowest BCUT2D eigenvalue weighted by Gasteiger charge is -2.18. The standard InChI is InChI=1S/C19H25NO2/c1-14(2)22-19-12-15(9-10-18(19)21-3)11-17(13-20)16-7-5-4-6-8-16/h4-10,12,14,17H,11,13,20H2,1-3H3. The topological polar surface area (TPSA) is 44.5 Å². The molecule has 0 aliphatic carbocycles. The largest absolute Gasteiger partial charge is 0.493 e. The second-order valence-corrected chi connectivity index (χ2v) is 5.70. The van der Waals surface area contributed by atoms with Gasteiger partial charge in [-0.25, -0.2) is 0 Å². The smallest absolute Gasteiger partial charge is 0.161 e. The normalized spacial score (nSPS) is 12.2. The van der Waals surface area contributed by atoms with E-state index >= 15 is 0 Å². The molecule has 2 rings (SSSR count). The molecule has 2 N–H and O–H groups in total. The zero-order valence-corrected chi connectivity index (χ0v) is 13.6. The van der Waals surface area contributed by atoms with Crippen LogP contribution >= 0.6 is 0 Å². The van der Waals surface area contributed by atoms with Gasteiger partial charge in [0.25, 0.3) is 0 Å². The summed E-state index contributed by atoms with van der Waals surface area (Å²) in [6, 6.07) is 16.5. The Kier molecular flexibility index (Phi) is 5.84. The lowest BCUT2D eigenvalue weighted by molar-refractivity contribution is 0.230. The Morgan fingerprint density at radius 1 is 1.00 bits per heavy atom. The molecule has 0 aromatic heterocycles. The minimum Gasteiger partial charge on any atom is -0.493 e. The maximum absolute atomic E-state index is 5.97. The van der Waals surface area contributed by atoms with E-state index in [1.807, 2.05) is 26.0 Å². The first-order chi connectivity index (χ1) is 10.6. The summed E-state index contributed by atoms with van der Waals surface area (Å²) in [6.07, 6.45) is 1.00. The average Bonchev–Trinajstić information content (AvgIpc) is 2.53. The molecule has 0 heterocycles. The number of methoxy groups -OCH3 is 1. The molecule has 3 heteroatoms. The van der Waals surface area contributed by atoms with Gasteiger partial charge in [0.15, 0.2) is 11.5 Å². The maximum atomic E-state index is 5.97. The van der Waals surface area contributed by atoms with Crippen molar-refractivity contribution in [2.24, 2.45) is 5.73 Å². The highest BCUT2D eigenvalue weighted by atomic mass is 16.5. The fourth-order valence-electron chi connectivity index (χ4n) is 2.54. The molecule has 0 saturated carbocycles. The van der Waals surface area contributed by atoms with Crippen LogP contribution in [0.1, 0.15) is 30.9 Å². The van der Waals surface area contributed by atoms with Crippen molar-refractivity contribution in [3.8, 4) is 11.5 Å². The lowest BCUT2D eigenvalue weighted by atomic mass is 9.92. The van der Waals surface area contributed by atoms with Gasteiger partial charge in [-0.15, -0.1) is 0 Å². The van der Waals surface area contributed by atoms with Crippen molar-refractivity contribution in [3.63, 3.8) is 0 Å². The number of hydrogen-bond acceptors (Lipinski definition) is 3. The van der Waals surface area contributed by atoms with Gasteiger partial charge in [-0.3, -0.25) is 0 Å². The summed E-state index contributed by atoms with van der Waals surface area (Å²) in [5.41, 5.74) is 8.45. The van der Waals surface area contributed by atoms with E-state index in [4.69, 9.17) is 15.2 Å². The zero-order chi connectivity index (χ0) is 15.9. The highest BCUT2D eigenvalue weighted by Crippen LogP contribution is 2.31. The number of benzene rings is 2. The van der Waals surface area contributed by atoms with Gasteiger partial charge in [0.2, 0.25) is 0 Å². The summed E-state index contributed by atoms with van der Waals surface area (Å²) in [7, 11) is 1.66. The van der Waals surface area contributed by atoms with Crippen molar-refractivity contribution < 1.29 is 9.47 Å². The quantitative estimate of drug-likeness (QED) is 0.846. The van der Waals surface area contributed by atoms with Gasteiger partial charge in [0.1, 0.15) is 0 Å². The molecule has 118 valence electrons. The molecule has 1 unspecified atom stereocenters. The number of nitrogens with two attached hydrogens (primary N) is 1. The first-order valence-corrected chi connectivity index (χ1v) is 7.72. The van der Waals surface area contributed by atoms with Crippen molar-refractivity contribution in [1.82, 2.24) is 0 Å². The SMILES string of the molecule is COc1ccc(CC(CN)c2ccccc2)cc1OC(C)C. The zero-order valence-electron chi connectivity index (χ0n) is 13.6. The third-order valence-electron chi connectivity index (χ3n) is 3.63. The lowest BCUT2D eigenvalue weighted by Crippen LogP contribution is -2.15. The van der Waals surface area contributed by atoms with E-state index in [-0.39, 0.29) is 6.10 Å². The molecular formula is C19H25NO2. The monoisotopic (exact) mass is 299 g/mol. The van der Waals surface area contributed by atoms with Crippen molar-refractivity contribution in [3.05, 3.63) is 59.7 Å². The van der Waals surface area contributed by atoms with Crippen LogP contribution in [0.2, 0.25) is 0 Å². The van der Waals surface area contributed by atoms with Gasteiger partial charge in [0, 0.05) is 5.92 Å². The molecule has 0 aliphatic rings. The first-order valence-electron chi connectivity index (χ1n) is 7.72. The third kappa shape index (κ3) is 4.25. The van der Waals surface area contributed by atoms with E-state index in [0.717, 1.165) is 17.9 Å². The van der Waals surface area contributed by atoms with E-state index in [1.54, 1.807) is 7.11 Å². The Bertz CT molecular complexity index is 581. The predicted octanol–water partition coefficient (Wildman–Crippen LogP) is 3.77. The Morgan fingerprint density at radius 2 is 1.73 bits per heavy atom. The maximum Gasteiger partial charge on any atom is 0.161 e. The van der Waals surface area contributed by atoms with Crippen LogP contribution in [0.5, 0.6) is 11.5 Å². The molecule has 0 aliphatic heterocycles. The van der Waals surface area contributed by atoms with Crippen molar-refractivity contribution in [2.45, 2.75) is 32.3 Å². The average molecular weight is 299 g/mol. The first kappa shape index (κ1) is 16.4. The summed E-state index contributed by atoms with van der Waals surface area (Å²) >= 11 is 0. The summed E-state index contributed by atoms with van der Waals surface area (Å²) in [6.45, 7) is 4.65.